The summed E-state index contributed by atoms with van der Waals surface area (Å²) in [7, 11) is 0. The van der Waals surface area contributed by atoms with E-state index in [1.807, 2.05) is 37.3 Å². The van der Waals surface area contributed by atoms with Gasteiger partial charge in [-0.25, -0.2) is 4.79 Å². The van der Waals surface area contributed by atoms with Gasteiger partial charge in [-0.05, 0) is 32.4 Å². The number of benzene rings is 1. The van der Waals surface area contributed by atoms with Crippen LogP contribution in [0.25, 0.3) is 0 Å². The average Bonchev–Trinajstić information content (AvgIpc) is 3.16. The number of carbonyl (C=O) groups excluding carboxylic acids is 2. The number of aryl methyl sites for hydroxylation is 1. The zero-order valence-corrected chi connectivity index (χ0v) is 13.7. The van der Waals surface area contributed by atoms with Crippen molar-refractivity contribution in [1.29, 1.82) is 0 Å². The van der Waals surface area contributed by atoms with Crippen molar-refractivity contribution >= 4 is 23.5 Å². The predicted octanol–water partition coefficient (Wildman–Crippen LogP) is 2.64. The van der Waals surface area contributed by atoms with Crippen molar-refractivity contribution in [3.05, 3.63) is 42.1 Å². The standard InChI is InChI=1S/C17H20N4O3/c1-3-20(17(23)18-15-11-12(2)19-24-15)14-9-10-21(16(14)22)13-7-5-4-6-8-13/h4-8,11,14H,3,9-10H2,1-2H3,(H,18,23). The first-order chi connectivity index (χ1) is 11.6. The summed E-state index contributed by atoms with van der Waals surface area (Å²) in [6.07, 6.45) is 0.602. The molecule has 1 aromatic heterocycles. The van der Waals surface area contributed by atoms with Crippen LogP contribution in [0.3, 0.4) is 0 Å². The second-order valence-corrected chi connectivity index (χ2v) is 5.68. The molecule has 1 aliphatic heterocycles. The van der Waals surface area contributed by atoms with Crippen molar-refractivity contribution in [2.45, 2.75) is 26.3 Å². The largest absolute Gasteiger partial charge is 0.338 e. The first-order valence-corrected chi connectivity index (χ1v) is 7.97. The van der Waals surface area contributed by atoms with Crippen LogP contribution < -0.4 is 10.2 Å². The van der Waals surface area contributed by atoms with Gasteiger partial charge in [0.25, 0.3) is 0 Å². The van der Waals surface area contributed by atoms with Crippen molar-refractivity contribution < 1.29 is 14.1 Å². The second kappa shape index (κ2) is 6.74. The highest BCUT2D eigenvalue weighted by Gasteiger charge is 2.38. The Morgan fingerprint density at radius 3 is 2.79 bits per heavy atom. The Morgan fingerprint density at radius 1 is 1.42 bits per heavy atom. The minimum Gasteiger partial charge on any atom is -0.338 e. The van der Waals surface area contributed by atoms with Crippen LogP contribution in [0.1, 0.15) is 19.0 Å². The van der Waals surface area contributed by atoms with E-state index in [1.54, 1.807) is 17.9 Å². The molecule has 0 bridgehead atoms. The molecular formula is C17H20N4O3. The third-order valence-corrected chi connectivity index (χ3v) is 4.08. The van der Waals surface area contributed by atoms with Crippen LogP contribution in [0.2, 0.25) is 0 Å². The lowest BCUT2D eigenvalue weighted by Gasteiger charge is -2.26. The summed E-state index contributed by atoms with van der Waals surface area (Å²) in [6, 6.07) is 10.3. The predicted molar refractivity (Wildman–Crippen MR) is 89.8 cm³/mol. The molecule has 7 heteroatoms. The Bertz CT molecular complexity index is 728. The fraction of sp³-hybridized carbons (Fsp3) is 0.353. The molecule has 1 unspecified atom stereocenters. The molecule has 1 fully saturated rings. The van der Waals surface area contributed by atoms with Gasteiger partial charge in [-0.3, -0.25) is 10.1 Å². The zero-order chi connectivity index (χ0) is 17.1. The molecular weight excluding hydrogens is 308 g/mol. The van der Waals surface area contributed by atoms with Crippen molar-refractivity contribution in [3.8, 4) is 0 Å². The van der Waals surface area contributed by atoms with Gasteiger partial charge < -0.3 is 14.3 Å². The molecule has 1 saturated heterocycles. The Hall–Kier alpha value is -2.83. The quantitative estimate of drug-likeness (QED) is 0.936. The van der Waals surface area contributed by atoms with Gasteiger partial charge in [-0.15, -0.1) is 0 Å². The third kappa shape index (κ3) is 3.10. The molecule has 7 nitrogen and oxygen atoms in total. The van der Waals surface area contributed by atoms with Gasteiger partial charge in [-0.1, -0.05) is 23.4 Å². The average molecular weight is 328 g/mol. The molecule has 126 valence electrons. The van der Waals surface area contributed by atoms with E-state index in [1.165, 1.54) is 4.90 Å². The summed E-state index contributed by atoms with van der Waals surface area (Å²) >= 11 is 0. The molecule has 0 saturated carbocycles. The second-order valence-electron chi connectivity index (χ2n) is 5.68. The summed E-state index contributed by atoms with van der Waals surface area (Å²) in [4.78, 5) is 28.5. The van der Waals surface area contributed by atoms with Crippen LogP contribution in [0.4, 0.5) is 16.4 Å². The molecule has 2 aromatic rings. The molecule has 24 heavy (non-hydrogen) atoms. The van der Waals surface area contributed by atoms with E-state index in [2.05, 4.69) is 10.5 Å². The van der Waals surface area contributed by atoms with Gasteiger partial charge in [0.1, 0.15) is 6.04 Å². The van der Waals surface area contributed by atoms with Crippen molar-refractivity contribution in [2.75, 3.05) is 23.3 Å². The smallest absolute Gasteiger partial charge is 0.324 e. The molecule has 1 atom stereocenters. The van der Waals surface area contributed by atoms with E-state index >= 15 is 0 Å². The van der Waals surface area contributed by atoms with Gasteiger partial charge in [0.05, 0.1) is 5.69 Å². The number of urea groups is 1. The van der Waals surface area contributed by atoms with Crippen LogP contribution in [0.15, 0.2) is 40.9 Å². The molecule has 3 amide bonds. The van der Waals surface area contributed by atoms with Crippen LogP contribution in [0.5, 0.6) is 0 Å². The van der Waals surface area contributed by atoms with Crippen LogP contribution in [0, 0.1) is 6.92 Å². The van der Waals surface area contributed by atoms with Crippen molar-refractivity contribution in [3.63, 3.8) is 0 Å². The lowest BCUT2D eigenvalue weighted by atomic mass is 10.2. The molecule has 0 spiro atoms. The Balaban J connectivity index is 1.72. The first-order valence-electron chi connectivity index (χ1n) is 7.97. The maximum Gasteiger partial charge on any atom is 0.324 e. The number of nitrogens with one attached hydrogen (secondary N) is 1. The number of hydrogen-bond acceptors (Lipinski definition) is 4. The highest BCUT2D eigenvalue weighted by Crippen LogP contribution is 2.24. The Morgan fingerprint density at radius 2 is 2.17 bits per heavy atom. The highest BCUT2D eigenvalue weighted by atomic mass is 16.5. The lowest BCUT2D eigenvalue weighted by Crippen LogP contribution is -2.47. The van der Waals surface area contributed by atoms with E-state index in [-0.39, 0.29) is 17.8 Å². The number of nitrogens with zero attached hydrogens (tertiary/aromatic N) is 3. The molecule has 0 radical (unpaired) electrons. The first kappa shape index (κ1) is 16.0. The number of carbonyl (C=O) groups is 2. The maximum absolute atomic E-state index is 12.7. The Labute approximate surface area is 140 Å². The van der Waals surface area contributed by atoms with Crippen LogP contribution in [-0.4, -0.2) is 41.1 Å². The fourth-order valence-corrected chi connectivity index (χ4v) is 2.92. The number of amides is 3. The van der Waals surface area contributed by atoms with Crippen LogP contribution >= 0.6 is 0 Å². The molecule has 1 aliphatic rings. The molecule has 1 aromatic carbocycles. The molecule has 0 aliphatic carbocycles. The summed E-state index contributed by atoms with van der Waals surface area (Å²) in [5.74, 6) is 0.216. The summed E-state index contributed by atoms with van der Waals surface area (Å²) in [5, 5.41) is 6.39. The van der Waals surface area contributed by atoms with Gasteiger partial charge in [0.15, 0.2) is 0 Å². The van der Waals surface area contributed by atoms with E-state index in [0.29, 0.717) is 25.2 Å². The minimum absolute atomic E-state index is 0.0630. The molecule has 1 N–H and O–H groups in total. The van der Waals surface area contributed by atoms with Crippen molar-refractivity contribution in [1.82, 2.24) is 10.1 Å². The number of rotatable bonds is 4. The van der Waals surface area contributed by atoms with E-state index in [4.69, 9.17) is 4.52 Å². The number of hydrogen-bond donors (Lipinski definition) is 1. The Kier molecular flexibility index (Phi) is 4.50. The van der Waals surface area contributed by atoms with Gasteiger partial charge in [-0.2, -0.15) is 0 Å². The number of anilines is 2. The molecule has 2 heterocycles. The van der Waals surface area contributed by atoms with E-state index < -0.39 is 6.04 Å². The highest BCUT2D eigenvalue weighted by molar-refractivity contribution is 6.02. The summed E-state index contributed by atoms with van der Waals surface area (Å²) in [6.45, 7) is 4.65. The summed E-state index contributed by atoms with van der Waals surface area (Å²) in [5.41, 5.74) is 1.54. The van der Waals surface area contributed by atoms with Crippen LogP contribution in [-0.2, 0) is 4.79 Å². The van der Waals surface area contributed by atoms with Gasteiger partial charge in [0, 0.05) is 24.8 Å². The number of para-hydroxylation sites is 1. The topological polar surface area (TPSA) is 78.7 Å². The third-order valence-electron chi connectivity index (χ3n) is 4.08. The van der Waals surface area contributed by atoms with E-state index in [0.717, 1.165) is 5.69 Å². The summed E-state index contributed by atoms with van der Waals surface area (Å²) < 4.78 is 5.01. The van der Waals surface area contributed by atoms with Crippen molar-refractivity contribution in [2.24, 2.45) is 0 Å². The SMILES string of the molecule is CCN(C(=O)Nc1cc(C)no1)C1CCN(c2ccccc2)C1=O. The number of aromatic nitrogens is 1. The monoisotopic (exact) mass is 328 g/mol. The van der Waals surface area contributed by atoms with E-state index in [9.17, 15) is 9.59 Å². The van der Waals surface area contributed by atoms with Gasteiger partial charge >= 0.3 is 6.03 Å². The number of likely N-dealkylation sites (N-methyl/N-ethyl adjacent to an activating group) is 1. The normalized spacial score (nSPS) is 17.2. The minimum atomic E-state index is -0.473. The van der Waals surface area contributed by atoms with Gasteiger partial charge in [0.2, 0.25) is 11.8 Å². The molecule has 3 rings (SSSR count). The fourth-order valence-electron chi connectivity index (χ4n) is 2.92. The lowest BCUT2D eigenvalue weighted by molar-refractivity contribution is -0.120. The maximum atomic E-state index is 12.7. The zero-order valence-electron chi connectivity index (χ0n) is 13.7.